The Morgan fingerprint density at radius 2 is 1.82 bits per heavy atom. The largest absolute Gasteiger partial charge is 0.496 e. The molecule has 0 saturated carbocycles. The molecule has 2 saturated heterocycles. The minimum atomic E-state index is -1.41. The lowest BCUT2D eigenvalue weighted by Crippen LogP contribution is -2.54. The number of anilines is 1. The lowest BCUT2D eigenvalue weighted by atomic mass is 9.76. The highest BCUT2D eigenvalue weighted by atomic mass is 16.5. The summed E-state index contributed by atoms with van der Waals surface area (Å²) in [5, 5.41) is 16.7. The van der Waals surface area contributed by atoms with Crippen molar-refractivity contribution in [3.63, 3.8) is 0 Å². The number of hydrogen-bond acceptors (Lipinski definition) is 6. The molecule has 0 unspecified atom stereocenters. The van der Waals surface area contributed by atoms with Crippen LogP contribution in [0.4, 0.5) is 5.69 Å². The summed E-state index contributed by atoms with van der Waals surface area (Å²) >= 11 is 0. The van der Waals surface area contributed by atoms with Crippen LogP contribution in [0.25, 0.3) is 0 Å². The fourth-order valence-electron chi connectivity index (χ4n) is 5.75. The van der Waals surface area contributed by atoms with E-state index >= 15 is 0 Å². The average molecular weight is 450 g/mol. The first-order valence-corrected chi connectivity index (χ1v) is 11.2. The molecular formula is C25H27N3O5. The van der Waals surface area contributed by atoms with Crippen molar-refractivity contribution < 1.29 is 24.2 Å². The molecule has 33 heavy (non-hydrogen) atoms. The molecule has 8 nitrogen and oxygen atoms in total. The summed E-state index contributed by atoms with van der Waals surface area (Å²) < 4.78 is 5.40. The van der Waals surface area contributed by atoms with Gasteiger partial charge in [0.1, 0.15) is 11.3 Å². The zero-order chi connectivity index (χ0) is 23.5. The van der Waals surface area contributed by atoms with Gasteiger partial charge in [-0.05, 0) is 25.0 Å². The maximum Gasteiger partial charge on any atom is 0.250 e. The molecular weight excluding hydrogens is 422 g/mol. The second-order valence-corrected chi connectivity index (χ2v) is 8.94. The maximum absolute atomic E-state index is 13.8. The van der Waals surface area contributed by atoms with E-state index in [4.69, 9.17) is 4.74 Å². The number of amides is 3. The number of rotatable bonds is 5. The van der Waals surface area contributed by atoms with Crippen molar-refractivity contribution in [3.8, 4) is 5.75 Å². The molecule has 5 rings (SSSR count). The fourth-order valence-corrected chi connectivity index (χ4v) is 5.75. The topological polar surface area (TPSA) is 108 Å². The summed E-state index contributed by atoms with van der Waals surface area (Å²) in [4.78, 5) is 42.1. The van der Waals surface area contributed by atoms with E-state index in [-0.39, 0.29) is 18.4 Å². The van der Waals surface area contributed by atoms with Gasteiger partial charge in [0.05, 0.1) is 31.6 Å². The van der Waals surface area contributed by atoms with Crippen molar-refractivity contribution in [1.82, 2.24) is 10.2 Å². The number of nitrogens with one attached hydrogen (secondary N) is 2. The van der Waals surface area contributed by atoms with E-state index in [1.807, 2.05) is 37.3 Å². The SMILES string of the molecule is CCc1cccc2c1NC(=O)[C@]21N[C@H]([C@@H](C)O)[C@H]2C(=O)N(Cc3ccccc3OC)C(=O)[C@@H]21. The molecule has 172 valence electrons. The van der Waals surface area contributed by atoms with Gasteiger partial charge in [-0.15, -0.1) is 0 Å². The number of nitrogens with zero attached hydrogens (tertiary/aromatic N) is 1. The Labute approximate surface area is 191 Å². The number of aryl methyl sites for hydroxylation is 1. The molecule has 0 radical (unpaired) electrons. The third-order valence-corrected chi connectivity index (χ3v) is 7.28. The Morgan fingerprint density at radius 3 is 2.52 bits per heavy atom. The molecule has 0 aromatic heterocycles. The number of fused-ring (bicyclic) bond motifs is 4. The molecule has 1 spiro atoms. The highest BCUT2D eigenvalue weighted by Crippen LogP contribution is 2.54. The summed E-state index contributed by atoms with van der Waals surface area (Å²) in [7, 11) is 1.54. The molecule has 3 heterocycles. The minimum Gasteiger partial charge on any atom is -0.496 e. The first-order chi connectivity index (χ1) is 15.8. The van der Waals surface area contributed by atoms with E-state index < -0.39 is 35.4 Å². The Kier molecular flexibility index (Phi) is 5.02. The van der Waals surface area contributed by atoms with Crippen LogP contribution in [0, 0.1) is 11.8 Å². The molecule has 0 bridgehead atoms. The number of aliphatic hydroxyl groups is 1. The monoisotopic (exact) mass is 449 g/mol. The number of carbonyl (C=O) groups excluding carboxylic acids is 3. The summed E-state index contributed by atoms with van der Waals surface area (Å²) in [5.74, 6) is -2.40. The van der Waals surface area contributed by atoms with Crippen LogP contribution in [-0.4, -0.2) is 47.0 Å². The first kappa shape index (κ1) is 21.6. The van der Waals surface area contributed by atoms with Crippen molar-refractivity contribution in [1.29, 1.82) is 0 Å². The number of aliphatic hydroxyl groups excluding tert-OH is 1. The molecule has 3 amide bonds. The molecule has 0 aliphatic carbocycles. The predicted molar refractivity (Wildman–Crippen MR) is 120 cm³/mol. The van der Waals surface area contributed by atoms with Crippen molar-refractivity contribution in [2.75, 3.05) is 12.4 Å². The molecule has 3 aliphatic rings. The molecule has 2 aromatic carbocycles. The summed E-state index contributed by atoms with van der Waals surface area (Å²) in [6.07, 6.45) is -0.230. The van der Waals surface area contributed by atoms with Crippen molar-refractivity contribution in [2.45, 2.75) is 44.5 Å². The summed E-state index contributed by atoms with van der Waals surface area (Å²) in [5.41, 5.74) is 1.59. The molecule has 2 aromatic rings. The molecule has 8 heteroatoms. The van der Waals surface area contributed by atoms with Crippen LogP contribution in [0.3, 0.4) is 0 Å². The van der Waals surface area contributed by atoms with E-state index in [1.54, 1.807) is 19.1 Å². The summed E-state index contributed by atoms with van der Waals surface area (Å²) in [6.45, 7) is 3.61. The highest BCUT2D eigenvalue weighted by molar-refractivity contribution is 6.15. The third kappa shape index (κ3) is 2.87. The smallest absolute Gasteiger partial charge is 0.250 e. The molecule has 3 aliphatic heterocycles. The quantitative estimate of drug-likeness (QED) is 0.598. The van der Waals surface area contributed by atoms with Gasteiger partial charge in [0.25, 0.3) is 0 Å². The average Bonchev–Trinajstić information content (AvgIpc) is 3.40. The van der Waals surface area contributed by atoms with Crippen molar-refractivity contribution in [2.24, 2.45) is 11.8 Å². The predicted octanol–water partition coefficient (Wildman–Crippen LogP) is 1.56. The number of methoxy groups -OCH3 is 1. The number of benzene rings is 2. The van der Waals surface area contributed by atoms with Crippen LogP contribution in [0.1, 0.15) is 30.5 Å². The Bertz CT molecular complexity index is 1160. The number of para-hydroxylation sites is 2. The van der Waals surface area contributed by atoms with Crippen LogP contribution in [0.5, 0.6) is 5.75 Å². The van der Waals surface area contributed by atoms with E-state index in [0.717, 1.165) is 5.56 Å². The van der Waals surface area contributed by atoms with Crippen LogP contribution in [0.2, 0.25) is 0 Å². The summed E-state index contributed by atoms with van der Waals surface area (Å²) in [6, 6.07) is 12.1. The lowest BCUT2D eigenvalue weighted by molar-refractivity contribution is -0.143. The van der Waals surface area contributed by atoms with Crippen LogP contribution < -0.4 is 15.4 Å². The van der Waals surface area contributed by atoms with Crippen molar-refractivity contribution >= 4 is 23.4 Å². The van der Waals surface area contributed by atoms with Crippen LogP contribution in [0.15, 0.2) is 42.5 Å². The van der Waals surface area contributed by atoms with Gasteiger partial charge in [0, 0.05) is 22.9 Å². The number of imide groups is 1. The Hall–Kier alpha value is -3.23. The number of ether oxygens (including phenoxy) is 1. The van der Waals surface area contributed by atoms with E-state index in [9.17, 15) is 19.5 Å². The van der Waals surface area contributed by atoms with Crippen LogP contribution in [-0.2, 0) is 32.9 Å². The number of carbonyl (C=O) groups is 3. The van der Waals surface area contributed by atoms with Gasteiger partial charge in [-0.3, -0.25) is 24.6 Å². The Balaban J connectivity index is 1.62. The molecule has 3 N–H and O–H groups in total. The molecule has 2 fully saturated rings. The number of hydrogen-bond donors (Lipinski definition) is 3. The third-order valence-electron chi connectivity index (χ3n) is 7.28. The zero-order valence-electron chi connectivity index (χ0n) is 18.8. The Morgan fingerprint density at radius 1 is 1.09 bits per heavy atom. The molecule has 5 atom stereocenters. The minimum absolute atomic E-state index is 0.0424. The lowest BCUT2D eigenvalue weighted by Gasteiger charge is -2.30. The van der Waals surface area contributed by atoms with Gasteiger partial charge in [0.15, 0.2) is 0 Å². The van der Waals surface area contributed by atoms with E-state index in [1.165, 1.54) is 12.0 Å². The number of likely N-dealkylation sites (tertiary alicyclic amines) is 1. The van der Waals surface area contributed by atoms with Crippen molar-refractivity contribution in [3.05, 3.63) is 59.2 Å². The van der Waals surface area contributed by atoms with Gasteiger partial charge < -0.3 is 15.2 Å². The second-order valence-electron chi connectivity index (χ2n) is 8.94. The normalized spacial score (nSPS) is 28.8. The van der Waals surface area contributed by atoms with Gasteiger partial charge in [-0.1, -0.05) is 43.3 Å². The van der Waals surface area contributed by atoms with Gasteiger partial charge in [-0.2, -0.15) is 0 Å². The second kappa shape index (κ2) is 7.67. The van der Waals surface area contributed by atoms with E-state index in [0.29, 0.717) is 29.0 Å². The standard InChI is InChI=1S/C25H27N3O5/c1-4-14-9-7-10-16-21(14)26-24(32)25(16)19-18(20(27-25)13(2)29)22(30)28(23(19)31)12-15-8-5-6-11-17(15)33-3/h5-11,13,18-20,27,29H,4,12H2,1-3H3,(H,26,32)/t13-,18+,19-,20-,25+/m1/s1. The maximum atomic E-state index is 13.8. The fraction of sp³-hybridized carbons (Fsp3) is 0.400. The van der Waals surface area contributed by atoms with Crippen LogP contribution >= 0.6 is 0 Å². The van der Waals surface area contributed by atoms with Gasteiger partial charge >= 0.3 is 0 Å². The first-order valence-electron chi connectivity index (χ1n) is 11.2. The highest BCUT2D eigenvalue weighted by Gasteiger charge is 2.71. The van der Waals surface area contributed by atoms with E-state index in [2.05, 4.69) is 10.6 Å². The van der Waals surface area contributed by atoms with Gasteiger partial charge in [-0.25, -0.2) is 0 Å². The van der Waals surface area contributed by atoms with Gasteiger partial charge in [0.2, 0.25) is 17.7 Å². The zero-order valence-corrected chi connectivity index (χ0v) is 18.8.